The lowest BCUT2D eigenvalue weighted by Crippen LogP contribution is -2.47. The minimum Gasteiger partial charge on any atom is -0.444 e. The van der Waals surface area contributed by atoms with E-state index < -0.39 is 4.92 Å². The number of nitro groups is 1. The lowest BCUT2D eigenvalue weighted by Gasteiger charge is -2.38. The van der Waals surface area contributed by atoms with Crippen LogP contribution in [0.25, 0.3) is 0 Å². The first-order chi connectivity index (χ1) is 15.5. The SMILES string of the molecule is CCCCCC(CCC)N(C(=O)OCc1ccccc1[N+](=O)[O-])C(CCC)CCCCC. The van der Waals surface area contributed by atoms with Crippen LogP contribution in [-0.2, 0) is 11.3 Å². The van der Waals surface area contributed by atoms with Crippen molar-refractivity contribution in [2.24, 2.45) is 0 Å². The van der Waals surface area contributed by atoms with Crippen molar-refractivity contribution < 1.29 is 14.5 Å². The van der Waals surface area contributed by atoms with Gasteiger partial charge in [0, 0.05) is 18.2 Å². The van der Waals surface area contributed by atoms with Crippen molar-refractivity contribution in [2.75, 3.05) is 0 Å². The molecule has 2 atom stereocenters. The molecule has 1 aromatic rings. The van der Waals surface area contributed by atoms with Crippen LogP contribution in [0.4, 0.5) is 10.5 Å². The van der Waals surface area contributed by atoms with Crippen molar-refractivity contribution in [3.8, 4) is 0 Å². The van der Waals surface area contributed by atoms with Crippen molar-refractivity contribution in [3.05, 3.63) is 39.9 Å². The molecule has 1 aromatic carbocycles. The first-order valence-electron chi connectivity index (χ1n) is 12.7. The summed E-state index contributed by atoms with van der Waals surface area (Å²) in [5, 5.41) is 11.3. The molecule has 1 rings (SSSR count). The third kappa shape index (κ3) is 9.58. The van der Waals surface area contributed by atoms with Crippen LogP contribution in [0.15, 0.2) is 24.3 Å². The largest absolute Gasteiger partial charge is 0.444 e. The molecule has 0 aromatic heterocycles. The molecule has 6 nitrogen and oxygen atoms in total. The van der Waals surface area contributed by atoms with Gasteiger partial charge in [-0.1, -0.05) is 91.2 Å². The molecule has 0 N–H and O–H groups in total. The number of nitrogens with zero attached hydrogens (tertiary/aromatic N) is 2. The molecule has 32 heavy (non-hydrogen) atoms. The fourth-order valence-electron chi connectivity index (χ4n) is 4.39. The number of hydrogen-bond acceptors (Lipinski definition) is 4. The van der Waals surface area contributed by atoms with E-state index >= 15 is 0 Å². The molecule has 0 radical (unpaired) electrons. The number of amides is 1. The smallest absolute Gasteiger partial charge is 0.410 e. The Labute approximate surface area is 194 Å². The zero-order valence-electron chi connectivity index (χ0n) is 20.7. The molecular weight excluding hydrogens is 404 g/mol. The Hall–Kier alpha value is -2.11. The Bertz CT molecular complexity index is 645. The predicted octanol–water partition coefficient (Wildman–Crippen LogP) is 8.03. The predicted molar refractivity (Wildman–Crippen MR) is 131 cm³/mol. The van der Waals surface area contributed by atoms with E-state index in [1.807, 2.05) is 4.90 Å². The van der Waals surface area contributed by atoms with E-state index in [4.69, 9.17) is 4.74 Å². The van der Waals surface area contributed by atoms with E-state index in [-0.39, 0.29) is 30.5 Å². The average molecular weight is 449 g/mol. The number of nitro benzene ring substituents is 1. The maximum absolute atomic E-state index is 13.4. The lowest BCUT2D eigenvalue weighted by atomic mass is 9.96. The van der Waals surface area contributed by atoms with Gasteiger partial charge in [-0.3, -0.25) is 10.1 Å². The summed E-state index contributed by atoms with van der Waals surface area (Å²) >= 11 is 0. The lowest BCUT2D eigenvalue weighted by molar-refractivity contribution is -0.385. The van der Waals surface area contributed by atoms with Crippen molar-refractivity contribution in [1.82, 2.24) is 4.90 Å². The molecule has 0 saturated heterocycles. The normalized spacial score (nSPS) is 12.9. The maximum atomic E-state index is 13.4. The zero-order valence-corrected chi connectivity index (χ0v) is 20.7. The van der Waals surface area contributed by atoms with Crippen molar-refractivity contribution in [3.63, 3.8) is 0 Å². The second kappa shape index (κ2) is 16.5. The second-order valence-corrected chi connectivity index (χ2v) is 8.72. The first-order valence-corrected chi connectivity index (χ1v) is 12.7. The summed E-state index contributed by atoms with van der Waals surface area (Å²) in [6.45, 7) is 8.63. The van der Waals surface area contributed by atoms with Crippen LogP contribution in [0, 0.1) is 10.1 Å². The molecule has 0 aliphatic carbocycles. The number of hydrogen-bond donors (Lipinski definition) is 0. The van der Waals surface area contributed by atoms with Gasteiger partial charge in [0.1, 0.15) is 6.61 Å². The Morgan fingerprint density at radius 2 is 1.41 bits per heavy atom. The van der Waals surface area contributed by atoms with E-state index in [1.165, 1.54) is 6.07 Å². The van der Waals surface area contributed by atoms with Crippen LogP contribution in [0.2, 0.25) is 0 Å². The van der Waals surface area contributed by atoms with Crippen LogP contribution in [0.3, 0.4) is 0 Å². The molecule has 0 fully saturated rings. The van der Waals surface area contributed by atoms with Crippen molar-refractivity contribution in [2.45, 2.75) is 123 Å². The quantitative estimate of drug-likeness (QED) is 0.137. The van der Waals surface area contributed by atoms with Gasteiger partial charge >= 0.3 is 6.09 Å². The summed E-state index contributed by atoms with van der Waals surface area (Å²) in [7, 11) is 0. The minimum absolute atomic E-state index is 0.00652. The maximum Gasteiger partial charge on any atom is 0.410 e. The molecule has 0 saturated carbocycles. The van der Waals surface area contributed by atoms with E-state index in [2.05, 4.69) is 27.7 Å². The molecule has 1 amide bonds. The highest BCUT2D eigenvalue weighted by Crippen LogP contribution is 2.26. The van der Waals surface area contributed by atoms with Crippen molar-refractivity contribution >= 4 is 11.8 Å². The number of para-hydroxylation sites is 1. The molecule has 0 spiro atoms. The summed E-state index contributed by atoms with van der Waals surface area (Å²) in [4.78, 5) is 26.4. The molecule has 182 valence electrons. The van der Waals surface area contributed by atoms with Crippen LogP contribution in [-0.4, -0.2) is 28.0 Å². The van der Waals surface area contributed by atoms with E-state index in [0.717, 1.165) is 77.0 Å². The van der Waals surface area contributed by atoms with Gasteiger partial charge in [-0.05, 0) is 31.7 Å². The average Bonchev–Trinajstić information content (AvgIpc) is 2.78. The molecule has 0 bridgehead atoms. The summed E-state index contributed by atoms with van der Waals surface area (Å²) in [6.07, 6.45) is 12.4. The van der Waals surface area contributed by atoms with Gasteiger partial charge in [-0.25, -0.2) is 4.79 Å². The standard InChI is InChI=1S/C26H44N2O4/c1-5-9-11-18-23(15-7-3)27(24(16-8-4)19-12-10-6-2)26(29)32-21-22-17-13-14-20-25(22)28(30)31/h13-14,17,20,23-24H,5-12,15-16,18-19,21H2,1-4H3. The highest BCUT2D eigenvalue weighted by atomic mass is 16.6. The first kappa shape index (κ1) is 27.9. The number of carbonyl (C=O) groups is 1. The van der Waals surface area contributed by atoms with Gasteiger partial charge in [0.15, 0.2) is 0 Å². The molecular formula is C26H44N2O4. The Morgan fingerprint density at radius 3 is 1.88 bits per heavy atom. The second-order valence-electron chi connectivity index (χ2n) is 8.72. The zero-order chi connectivity index (χ0) is 23.8. The summed E-state index contributed by atoms with van der Waals surface area (Å²) in [5.41, 5.74) is 0.426. The molecule has 0 aliphatic heterocycles. The fraction of sp³-hybridized carbons (Fsp3) is 0.731. The van der Waals surface area contributed by atoms with E-state index in [0.29, 0.717) is 5.56 Å². The summed E-state index contributed by atoms with van der Waals surface area (Å²) in [5.74, 6) is 0. The summed E-state index contributed by atoms with van der Waals surface area (Å²) < 4.78 is 5.73. The number of carbonyl (C=O) groups excluding carboxylic acids is 1. The fourth-order valence-corrected chi connectivity index (χ4v) is 4.39. The highest BCUT2D eigenvalue weighted by Gasteiger charge is 2.31. The van der Waals surface area contributed by atoms with Crippen LogP contribution >= 0.6 is 0 Å². The van der Waals surface area contributed by atoms with E-state index in [1.54, 1.807) is 18.2 Å². The van der Waals surface area contributed by atoms with Crippen LogP contribution < -0.4 is 0 Å². The topological polar surface area (TPSA) is 72.7 Å². The third-order valence-corrected chi connectivity index (χ3v) is 6.06. The Morgan fingerprint density at radius 1 is 0.875 bits per heavy atom. The van der Waals surface area contributed by atoms with Gasteiger partial charge in [-0.15, -0.1) is 0 Å². The van der Waals surface area contributed by atoms with Gasteiger partial charge in [0.2, 0.25) is 0 Å². The summed E-state index contributed by atoms with van der Waals surface area (Å²) in [6, 6.07) is 6.79. The number of ether oxygens (including phenoxy) is 1. The monoisotopic (exact) mass is 448 g/mol. The molecule has 0 heterocycles. The molecule has 2 unspecified atom stereocenters. The Kier molecular flexibility index (Phi) is 14.4. The van der Waals surface area contributed by atoms with Crippen molar-refractivity contribution in [1.29, 1.82) is 0 Å². The molecule has 6 heteroatoms. The number of unbranched alkanes of at least 4 members (excludes halogenated alkanes) is 4. The highest BCUT2D eigenvalue weighted by molar-refractivity contribution is 5.68. The third-order valence-electron chi connectivity index (χ3n) is 6.06. The van der Waals surface area contributed by atoms with Crippen LogP contribution in [0.1, 0.15) is 110 Å². The minimum atomic E-state index is -0.420. The molecule has 0 aliphatic rings. The number of rotatable bonds is 17. The van der Waals surface area contributed by atoms with Gasteiger partial charge < -0.3 is 9.64 Å². The Balaban J connectivity index is 3.09. The van der Waals surface area contributed by atoms with E-state index in [9.17, 15) is 14.9 Å². The van der Waals surface area contributed by atoms with Gasteiger partial charge in [0.25, 0.3) is 5.69 Å². The van der Waals surface area contributed by atoms with Gasteiger partial charge in [0.05, 0.1) is 10.5 Å². The van der Waals surface area contributed by atoms with Crippen LogP contribution in [0.5, 0.6) is 0 Å². The van der Waals surface area contributed by atoms with Gasteiger partial charge in [-0.2, -0.15) is 0 Å². The number of benzene rings is 1.